The Morgan fingerprint density at radius 3 is 1.32 bits per heavy atom. The molecule has 4 aliphatic rings. The van der Waals surface area contributed by atoms with E-state index in [1.165, 1.54) is 45.0 Å². The van der Waals surface area contributed by atoms with Crippen LogP contribution in [0.4, 0.5) is 0 Å². The second-order valence-electron chi connectivity index (χ2n) is 15.7. The number of piperidine rings is 2. The van der Waals surface area contributed by atoms with Crippen LogP contribution in [0.1, 0.15) is 71.2 Å². The fraction of sp³-hybridized carbons (Fsp3) is 0.391. The number of rotatable bonds is 6. The van der Waals surface area contributed by atoms with Crippen LogP contribution in [-0.4, -0.2) is 92.7 Å². The summed E-state index contributed by atoms with van der Waals surface area (Å²) in [4.78, 5) is 23.6. The molecule has 11 nitrogen and oxygen atoms in total. The van der Waals surface area contributed by atoms with E-state index in [0.717, 1.165) is 115 Å². The Balaban J connectivity index is 0.000000157. The molecule has 0 aliphatic carbocycles. The minimum absolute atomic E-state index is 0. The summed E-state index contributed by atoms with van der Waals surface area (Å²) in [6, 6.07) is 16.9. The first-order valence-corrected chi connectivity index (χ1v) is 20.6. The normalized spacial score (nSPS) is 17.0. The number of nitrogens with zero attached hydrogens (tertiary/aromatic N) is 10. The summed E-state index contributed by atoms with van der Waals surface area (Å²) in [7, 11) is 4.32. The number of hydrogen-bond donors (Lipinski definition) is 0. The summed E-state index contributed by atoms with van der Waals surface area (Å²) >= 11 is 0. The summed E-state index contributed by atoms with van der Waals surface area (Å²) in [5, 5.41) is 0. The number of fused-ring (bicyclic) bond motifs is 4. The van der Waals surface area contributed by atoms with E-state index in [1.54, 1.807) is 11.1 Å². The Morgan fingerprint density at radius 2 is 0.912 bits per heavy atom. The number of pyridine rings is 2. The first-order chi connectivity index (χ1) is 27.6. The molecule has 0 aromatic carbocycles. The third-order valence-corrected chi connectivity index (χ3v) is 12.4. The lowest BCUT2D eigenvalue weighted by Gasteiger charge is -2.29. The molecule has 0 spiro atoms. The van der Waals surface area contributed by atoms with Crippen molar-refractivity contribution >= 4 is 11.1 Å². The summed E-state index contributed by atoms with van der Waals surface area (Å²) < 4.78 is 9.22. The molecule has 10 heterocycles. The number of aromatic nitrogens is 8. The first-order valence-electron chi connectivity index (χ1n) is 20.6. The molecule has 0 radical (unpaired) electrons. The topological polar surface area (TPSA) is 109 Å². The smallest absolute Gasteiger partial charge is 0.140 e. The van der Waals surface area contributed by atoms with E-state index < -0.39 is 0 Å². The van der Waals surface area contributed by atoms with Gasteiger partial charge in [0.05, 0.1) is 0 Å². The molecule has 2 fully saturated rings. The molecule has 6 aromatic rings. The van der Waals surface area contributed by atoms with Crippen LogP contribution in [0.5, 0.6) is 0 Å². The molecule has 10 rings (SSSR count). The molecule has 0 atom stereocenters. The molecule has 11 heteroatoms. The van der Waals surface area contributed by atoms with E-state index >= 15 is 0 Å². The second kappa shape index (κ2) is 17.4. The molecular formula is C46H56N10O. The fourth-order valence-electron chi connectivity index (χ4n) is 9.26. The third kappa shape index (κ3) is 8.23. The zero-order chi connectivity index (χ0) is 37.8. The lowest BCUT2D eigenvalue weighted by Crippen LogP contribution is -2.33. The van der Waals surface area contributed by atoms with Crippen molar-refractivity contribution in [2.24, 2.45) is 14.1 Å². The molecule has 2 N–H and O–H groups in total. The summed E-state index contributed by atoms with van der Waals surface area (Å²) in [6.45, 7) is 8.67. The fourth-order valence-corrected chi connectivity index (χ4v) is 9.26. The maximum Gasteiger partial charge on any atom is 0.140 e. The Hall–Kier alpha value is -5.36. The van der Waals surface area contributed by atoms with Gasteiger partial charge in [-0.25, -0.2) is 9.97 Å². The van der Waals surface area contributed by atoms with Gasteiger partial charge in [0.1, 0.15) is 11.6 Å². The standard InChI is InChI=1S/2C23H27N5.H2O/c2*1-26-12-8-20-21(26)9-16-28-17-11-25-23(28)22(20)18-5-13-27(14-6-18)15-7-19-4-2-3-10-24-19;/h2*2-4,8,10-12,17H,5-7,9,13-16H2,1H3;1H2. The average Bonchev–Trinajstić information content (AvgIpc) is 4.03. The Kier molecular flexibility index (Phi) is 11.8. The van der Waals surface area contributed by atoms with E-state index in [-0.39, 0.29) is 5.48 Å². The lowest BCUT2D eigenvalue weighted by atomic mass is 9.92. The SMILES string of the molecule is Cn1ccc2c1CCn1ccnc1C2=C1CCN(CCc2ccccn2)CC1.Cn1ccc2c1CCn1ccnc1C2=C1CCN(CCc2ccccn2)CC1.O. The van der Waals surface area contributed by atoms with Crippen molar-refractivity contribution in [3.8, 4) is 0 Å². The highest BCUT2D eigenvalue weighted by Gasteiger charge is 2.28. The largest absolute Gasteiger partial charge is 0.412 e. The van der Waals surface area contributed by atoms with Crippen LogP contribution in [0, 0.1) is 0 Å². The Bertz CT molecular complexity index is 2140. The highest BCUT2D eigenvalue weighted by molar-refractivity contribution is 5.82. The van der Waals surface area contributed by atoms with E-state index in [2.05, 4.69) is 113 Å². The number of hydrogen-bond acceptors (Lipinski definition) is 6. The van der Waals surface area contributed by atoms with Gasteiger partial charge in [0.25, 0.3) is 0 Å². The van der Waals surface area contributed by atoms with Gasteiger partial charge >= 0.3 is 0 Å². The summed E-state index contributed by atoms with van der Waals surface area (Å²) in [6.07, 6.45) is 25.0. The minimum Gasteiger partial charge on any atom is -0.412 e. The van der Waals surface area contributed by atoms with Crippen LogP contribution in [0.15, 0.2) is 109 Å². The van der Waals surface area contributed by atoms with Crippen LogP contribution >= 0.6 is 0 Å². The molecule has 57 heavy (non-hydrogen) atoms. The van der Waals surface area contributed by atoms with Gasteiger partial charge in [-0.05, 0) is 62.1 Å². The predicted octanol–water partition coefficient (Wildman–Crippen LogP) is 5.80. The molecular weight excluding hydrogens is 709 g/mol. The minimum atomic E-state index is 0. The average molecular weight is 765 g/mol. The van der Waals surface area contributed by atoms with Gasteiger partial charge in [-0.15, -0.1) is 0 Å². The highest BCUT2D eigenvalue weighted by Crippen LogP contribution is 2.37. The second-order valence-corrected chi connectivity index (χ2v) is 15.7. The van der Waals surface area contributed by atoms with E-state index in [9.17, 15) is 0 Å². The van der Waals surface area contributed by atoms with Gasteiger partial charge < -0.3 is 33.5 Å². The van der Waals surface area contributed by atoms with Gasteiger partial charge in [-0.2, -0.15) is 0 Å². The van der Waals surface area contributed by atoms with Crippen molar-refractivity contribution in [1.82, 2.24) is 48.0 Å². The maximum atomic E-state index is 4.75. The van der Waals surface area contributed by atoms with Crippen LogP contribution in [0.25, 0.3) is 11.1 Å². The van der Waals surface area contributed by atoms with Crippen LogP contribution < -0.4 is 0 Å². The highest BCUT2D eigenvalue weighted by atomic mass is 16.0. The third-order valence-electron chi connectivity index (χ3n) is 12.4. The van der Waals surface area contributed by atoms with Crippen molar-refractivity contribution in [3.05, 3.63) is 155 Å². The van der Waals surface area contributed by atoms with Crippen LogP contribution in [0.2, 0.25) is 0 Å². The number of aryl methyl sites for hydroxylation is 4. The van der Waals surface area contributed by atoms with Gasteiger partial charge in [0.15, 0.2) is 0 Å². The monoisotopic (exact) mass is 764 g/mol. The van der Waals surface area contributed by atoms with Crippen molar-refractivity contribution in [3.63, 3.8) is 0 Å². The zero-order valence-corrected chi connectivity index (χ0v) is 33.5. The zero-order valence-electron chi connectivity index (χ0n) is 33.5. The number of likely N-dealkylation sites (tertiary alicyclic amines) is 2. The molecule has 296 valence electrons. The van der Waals surface area contributed by atoms with Crippen molar-refractivity contribution in [1.29, 1.82) is 0 Å². The molecule has 2 saturated heterocycles. The molecule has 4 aliphatic heterocycles. The quantitative estimate of drug-likeness (QED) is 0.212. The van der Waals surface area contributed by atoms with Crippen molar-refractivity contribution in [2.75, 3.05) is 39.3 Å². The lowest BCUT2D eigenvalue weighted by molar-refractivity contribution is 0.259. The van der Waals surface area contributed by atoms with Crippen LogP contribution in [-0.2, 0) is 52.9 Å². The van der Waals surface area contributed by atoms with Gasteiger partial charge in [0, 0.05) is 187 Å². The Morgan fingerprint density at radius 1 is 0.474 bits per heavy atom. The van der Waals surface area contributed by atoms with Crippen molar-refractivity contribution in [2.45, 2.75) is 64.5 Å². The molecule has 0 saturated carbocycles. The van der Waals surface area contributed by atoms with E-state index in [4.69, 9.17) is 9.97 Å². The first kappa shape index (κ1) is 38.5. The van der Waals surface area contributed by atoms with Crippen molar-refractivity contribution < 1.29 is 5.48 Å². The Labute approximate surface area is 336 Å². The van der Waals surface area contributed by atoms with Crippen LogP contribution in [0.3, 0.4) is 0 Å². The summed E-state index contributed by atoms with van der Waals surface area (Å²) in [5.41, 5.74) is 13.9. The van der Waals surface area contributed by atoms with Gasteiger partial charge in [-0.1, -0.05) is 23.3 Å². The molecule has 0 amide bonds. The predicted molar refractivity (Wildman–Crippen MR) is 226 cm³/mol. The van der Waals surface area contributed by atoms with Gasteiger partial charge in [0.2, 0.25) is 0 Å². The van der Waals surface area contributed by atoms with E-state index in [1.807, 2.05) is 36.9 Å². The number of imidazole rings is 2. The maximum absolute atomic E-state index is 4.75. The van der Waals surface area contributed by atoms with E-state index in [0.29, 0.717) is 0 Å². The molecule has 6 aromatic heterocycles. The molecule has 0 unspecified atom stereocenters. The molecule has 0 bridgehead atoms. The summed E-state index contributed by atoms with van der Waals surface area (Å²) in [5.74, 6) is 2.31. The van der Waals surface area contributed by atoms with Gasteiger partial charge in [-0.3, -0.25) is 9.97 Å².